The molecule has 0 saturated carbocycles. The van der Waals surface area contributed by atoms with E-state index in [1.54, 1.807) is 13.1 Å². The maximum absolute atomic E-state index is 12.2. The number of nitrogens with one attached hydrogen (secondary N) is 1. The summed E-state index contributed by atoms with van der Waals surface area (Å²) in [4.78, 5) is 25.8. The first kappa shape index (κ1) is 21.8. The molecule has 0 unspecified atom stereocenters. The molecule has 0 aromatic heterocycles. The van der Waals surface area contributed by atoms with Gasteiger partial charge in [-0.25, -0.2) is 0 Å². The van der Waals surface area contributed by atoms with E-state index in [9.17, 15) is 9.59 Å². The van der Waals surface area contributed by atoms with Crippen LogP contribution in [0.2, 0.25) is 0 Å². The average molecular weight is 449 g/mol. The molecular weight excluding hydrogens is 424 g/mol. The van der Waals surface area contributed by atoms with Crippen LogP contribution in [0.3, 0.4) is 0 Å². The predicted molar refractivity (Wildman–Crippen MR) is 113 cm³/mol. The molecule has 0 heterocycles. The lowest BCUT2D eigenvalue weighted by atomic mass is 10.2. The predicted octanol–water partition coefficient (Wildman–Crippen LogP) is 4.10. The SMILES string of the molecule is CCOc1ccccc1OCCCC(=O)N(C)CC(=O)Nc1ccccc1Br. The molecule has 2 rings (SSSR count). The molecule has 2 aromatic carbocycles. The summed E-state index contributed by atoms with van der Waals surface area (Å²) >= 11 is 3.38. The van der Waals surface area contributed by atoms with E-state index in [0.29, 0.717) is 43.2 Å². The fourth-order valence-electron chi connectivity index (χ4n) is 2.50. The second-order valence-corrected chi connectivity index (χ2v) is 6.96. The zero-order valence-corrected chi connectivity index (χ0v) is 17.7. The monoisotopic (exact) mass is 448 g/mol. The zero-order chi connectivity index (χ0) is 20.4. The number of carbonyl (C=O) groups is 2. The largest absolute Gasteiger partial charge is 0.490 e. The molecule has 0 aliphatic rings. The van der Waals surface area contributed by atoms with Crippen molar-refractivity contribution in [2.24, 2.45) is 0 Å². The lowest BCUT2D eigenvalue weighted by Crippen LogP contribution is -2.35. The number of nitrogens with zero attached hydrogens (tertiary/aromatic N) is 1. The van der Waals surface area contributed by atoms with Gasteiger partial charge >= 0.3 is 0 Å². The quantitative estimate of drug-likeness (QED) is 0.555. The number of hydrogen-bond acceptors (Lipinski definition) is 4. The van der Waals surface area contributed by atoms with Gasteiger partial charge in [0.05, 0.1) is 25.4 Å². The molecule has 0 fully saturated rings. The molecule has 0 radical (unpaired) electrons. The Morgan fingerprint density at radius 2 is 1.68 bits per heavy atom. The van der Waals surface area contributed by atoms with Gasteiger partial charge in [0.1, 0.15) is 0 Å². The third-order valence-electron chi connectivity index (χ3n) is 3.90. The molecule has 0 atom stereocenters. The van der Waals surface area contributed by atoms with Gasteiger partial charge in [0.15, 0.2) is 11.5 Å². The standard InChI is InChI=1S/C21H25BrN2O4/c1-3-27-18-11-6-7-12-19(18)28-14-8-13-21(26)24(2)15-20(25)23-17-10-5-4-9-16(17)22/h4-7,9-12H,3,8,13-15H2,1-2H3,(H,23,25). The minimum atomic E-state index is -0.246. The summed E-state index contributed by atoms with van der Waals surface area (Å²) in [5, 5.41) is 2.78. The first-order valence-electron chi connectivity index (χ1n) is 9.14. The number of para-hydroxylation sites is 3. The van der Waals surface area contributed by atoms with Crippen LogP contribution in [-0.4, -0.2) is 43.5 Å². The first-order chi connectivity index (χ1) is 13.5. The summed E-state index contributed by atoms with van der Waals surface area (Å²) in [5.41, 5.74) is 0.676. The van der Waals surface area contributed by atoms with E-state index >= 15 is 0 Å². The van der Waals surface area contributed by atoms with E-state index in [-0.39, 0.29) is 18.4 Å². The Morgan fingerprint density at radius 1 is 1.04 bits per heavy atom. The Hall–Kier alpha value is -2.54. The number of hydrogen-bond donors (Lipinski definition) is 1. The minimum Gasteiger partial charge on any atom is -0.490 e. The molecule has 0 saturated heterocycles. The van der Waals surface area contributed by atoms with Crippen LogP contribution in [0.15, 0.2) is 53.0 Å². The molecule has 6 nitrogen and oxygen atoms in total. The molecule has 0 bridgehead atoms. The van der Waals surface area contributed by atoms with Crippen molar-refractivity contribution >= 4 is 33.4 Å². The highest BCUT2D eigenvalue weighted by molar-refractivity contribution is 9.10. The van der Waals surface area contributed by atoms with Gasteiger partial charge in [-0.1, -0.05) is 24.3 Å². The molecule has 2 aromatic rings. The van der Waals surface area contributed by atoms with E-state index in [4.69, 9.17) is 9.47 Å². The molecular formula is C21H25BrN2O4. The van der Waals surface area contributed by atoms with Crippen molar-refractivity contribution in [1.82, 2.24) is 4.90 Å². The van der Waals surface area contributed by atoms with Crippen LogP contribution in [-0.2, 0) is 9.59 Å². The topological polar surface area (TPSA) is 67.9 Å². The second kappa shape index (κ2) is 11.3. The number of likely N-dealkylation sites (N-methyl/N-ethyl adjacent to an activating group) is 1. The lowest BCUT2D eigenvalue weighted by molar-refractivity contribution is -0.133. The highest BCUT2D eigenvalue weighted by Crippen LogP contribution is 2.26. The third-order valence-corrected chi connectivity index (χ3v) is 4.59. The summed E-state index contributed by atoms with van der Waals surface area (Å²) in [6.45, 7) is 2.87. The van der Waals surface area contributed by atoms with E-state index in [0.717, 1.165) is 4.47 Å². The Kier molecular flexibility index (Phi) is 8.81. The van der Waals surface area contributed by atoms with Crippen LogP contribution < -0.4 is 14.8 Å². The van der Waals surface area contributed by atoms with Crippen molar-refractivity contribution in [3.8, 4) is 11.5 Å². The molecule has 1 N–H and O–H groups in total. The molecule has 7 heteroatoms. The summed E-state index contributed by atoms with van der Waals surface area (Å²) in [7, 11) is 1.62. The van der Waals surface area contributed by atoms with Crippen molar-refractivity contribution in [3.63, 3.8) is 0 Å². The van der Waals surface area contributed by atoms with Crippen LogP contribution >= 0.6 is 15.9 Å². The summed E-state index contributed by atoms with van der Waals surface area (Å²) in [6, 6.07) is 14.8. The maximum Gasteiger partial charge on any atom is 0.244 e. The van der Waals surface area contributed by atoms with Crippen LogP contribution in [0.5, 0.6) is 11.5 Å². The number of halogens is 1. The fraction of sp³-hybridized carbons (Fsp3) is 0.333. The summed E-state index contributed by atoms with van der Waals surface area (Å²) < 4.78 is 12.0. The van der Waals surface area contributed by atoms with Crippen LogP contribution in [0, 0.1) is 0 Å². The molecule has 0 aliphatic carbocycles. The summed E-state index contributed by atoms with van der Waals surface area (Å²) in [6.07, 6.45) is 0.852. The Bertz CT molecular complexity index is 797. The van der Waals surface area contributed by atoms with Gasteiger partial charge in [-0.2, -0.15) is 0 Å². The Balaban J connectivity index is 1.72. The maximum atomic E-state index is 12.2. The first-order valence-corrected chi connectivity index (χ1v) is 9.93. The van der Waals surface area contributed by atoms with Gasteiger partial charge < -0.3 is 19.7 Å². The van der Waals surface area contributed by atoms with Crippen LogP contribution in [0.1, 0.15) is 19.8 Å². The van der Waals surface area contributed by atoms with Crippen molar-refractivity contribution < 1.29 is 19.1 Å². The van der Waals surface area contributed by atoms with Crippen molar-refractivity contribution in [1.29, 1.82) is 0 Å². The number of benzene rings is 2. The van der Waals surface area contributed by atoms with E-state index < -0.39 is 0 Å². The third kappa shape index (κ3) is 6.88. The number of anilines is 1. The van der Waals surface area contributed by atoms with Gasteiger partial charge in [-0.15, -0.1) is 0 Å². The molecule has 2 amide bonds. The Morgan fingerprint density at radius 3 is 2.36 bits per heavy atom. The van der Waals surface area contributed by atoms with Crippen LogP contribution in [0.4, 0.5) is 5.69 Å². The molecule has 0 spiro atoms. The zero-order valence-electron chi connectivity index (χ0n) is 16.1. The lowest BCUT2D eigenvalue weighted by Gasteiger charge is -2.17. The van der Waals surface area contributed by atoms with Crippen LogP contribution in [0.25, 0.3) is 0 Å². The van der Waals surface area contributed by atoms with E-state index in [1.807, 2.05) is 49.4 Å². The van der Waals surface area contributed by atoms with Gasteiger partial charge in [0.2, 0.25) is 11.8 Å². The smallest absolute Gasteiger partial charge is 0.244 e. The fourth-order valence-corrected chi connectivity index (χ4v) is 2.88. The molecule has 150 valence electrons. The van der Waals surface area contributed by atoms with E-state index in [1.165, 1.54) is 4.90 Å². The Labute approximate surface area is 174 Å². The van der Waals surface area contributed by atoms with Gasteiger partial charge in [-0.3, -0.25) is 9.59 Å². The van der Waals surface area contributed by atoms with Crippen molar-refractivity contribution in [2.45, 2.75) is 19.8 Å². The van der Waals surface area contributed by atoms with Gasteiger partial charge in [0.25, 0.3) is 0 Å². The molecule has 0 aliphatic heterocycles. The van der Waals surface area contributed by atoms with Crippen molar-refractivity contribution in [3.05, 3.63) is 53.0 Å². The van der Waals surface area contributed by atoms with Crippen molar-refractivity contribution in [2.75, 3.05) is 32.1 Å². The normalized spacial score (nSPS) is 10.2. The van der Waals surface area contributed by atoms with Gasteiger partial charge in [-0.05, 0) is 53.5 Å². The highest BCUT2D eigenvalue weighted by atomic mass is 79.9. The number of carbonyl (C=O) groups excluding carboxylic acids is 2. The number of amides is 2. The highest BCUT2D eigenvalue weighted by Gasteiger charge is 2.14. The number of ether oxygens (including phenoxy) is 2. The van der Waals surface area contributed by atoms with E-state index in [2.05, 4.69) is 21.2 Å². The van der Waals surface area contributed by atoms with Gasteiger partial charge in [0, 0.05) is 17.9 Å². The second-order valence-electron chi connectivity index (χ2n) is 6.11. The minimum absolute atomic E-state index is 0.00576. The number of rotatable bonds is 10. The average Bonchev–Trinajstić information content (AvgIpc) is 2.68. The summed E-state index contributed by atoms with van der Waals surface area (Å²) in [5.74, 6) is 1.00. The molecule has 28 heavy (non-hydrogen) atoms.